The highest BCUT2D eigenvalue weighted by Crippen LogP contribution is 2.18. The summed E-state index contributed by atoms with van der Waals surface area (Å²) in [6.07, 6.45) is 3.02. The van der Waals surface area contributed by atoms with Crippen molar-refractivity contribution in [2.24, 2.45) is 0 Å². The molecule has 5 nitrogen and oxygen atoms in total. The third-order valence-corrected chi connectivity index (χ3v) is 3.77. The van der Waals surface area contributed by atoms with Gasteiger partial charge in [0.05, 0.1) is 11.9 Å². The Labute approximate surface area is 148 Å². The normalized spacial score (nSPS) is 10.8. The van der Waals surface area contributed by atoms with Gasteiger partial charge in [0.25, 0.3) is 5.91 Å². The highest BCUT2D eigenvalue weighted by atomic mass is 127. The van der Waals surface area contributed by atoms with E-state index in [1.807, 2.05) is 50.2 Å². The van der Waals surface area contributed by atoms with Gasteiger partial charge in [-0.3, -0.25) is 9.78 Å². The molecule has 1 heterocycles. The molecule has 0 saturated heterocycles. The van der Waals surface area contributed by atoms with Gasteiger partial charge >= 0.3 is 0 Å². The van der Waals surface area contributed by atoms with Crippen LogP contribution in [-0.2, 0) is 4.79 Å². The quantitative estimate of drug-likeness (QED) is 0.450. The molecule has 0 atom stereocenters. The number of amides is 1. The molecular formula is C17H15IN4O. The van der Waals surface area contributed by atoms with E-state index < -0.39 is 5.91 Å². The largest absolute Gasteiger partial charge is 0.359 e. The number of aryl methyl sites for hydroxylation is 2. The zero-order valence-corrected chi connectivity index (χ0v) is 14.9. The summed E-state index contributed by atoms with van der Waals surface area (Å²) in [5, 5.41) is 14.8. The number of benzene rings is 1. The van der Waals surface area contributed by atoms with Crippen LogP contribution in [-0.4, -0.2) is 10.9 Å². The number of halogens is 1. The van der Waals surface area contributed by atoms with Crippen molar-refractivity contribution in [3.8, 4) is 6.07 Å². The minimum atomic E-state index is -0.454. The first-order valence-corrected chi connectivity index (χ1v) is 7.94. The molecule has 0 aliphatic heterocycles. The van der Waals surface area contributed by atoms with Crippen molar-refractivity contribution in [1.82, 2.24) is 4.98 Å². The zero-order valence-electron chi connectivity index (χ0n) is 12.7. The molecule has 23 heavy (non-hydrogen) atoms. The monoisotopic (exact) mass is 418 g/mol. The van der Waals surface area contributed by atoms with Gasteiger partial charge in [-0.1, -0.05) is 0 Å². The van der Waals surface area contributed by atoms with Crippen LogP contribution in [0.15, 0.2) is 48.3 Å². The summed E-state index contributed by atoms with van der Waals surface area (Å²) in [6, 6.07) is 11.3. The summed E-state index contributed by atoms with van der Waals surface area (Å²) in [7, 11) is 0. The van der Waals surface area contributed by atoms with Gasteiger partial charge in [0.1, 0.15) is 11.6 Å². The Hall–Kier alpha value is -2.40. The van der Waals surface area contributed by atoms with Gasteiger partial charge in [0.2, 0.25) is 0 Å². The Bertz CT molecular complexity index is 791. The SMILES string of the molecule is Cc1ccc(N/C=C(/C#N)C(=O)Nc2ccc(I)cc2C)cn1. The molecule has 0 unspecified atom stereocenters. The lowest BCUT2D eigenvalue weighted by atomic mass is 10.2. The molecule has 1 aromatic heterocycles. The summed E-state index contributed by atoms with van der Waals surface area (Å²) in [4.78, 5) is 16.3. The summed E-state index contributed by atoms with van der Waals surface area (Å²) in [6.45, 7) is 3.79. The van der Waals surface area contributed by atoms with E-state index in [0.29, 0.717) is 11.4 Å². The van der Waals surface area contributed by atoms with Crippen molar-refractivity contribution >= 4 is 39.9 Å². The molecule has 0 saturated carbocycles. The molecule has 6 heteroatoms. The van der Waals surface area contributed by atoms with E-state index in [4.69, 9.17) is 0 Å². The number of carbonyl (C=O) groups excluding carboxylic acids is 1. The summed E-state index contributed by atoms with van der Waals surface area (Å²) in [5.41, 5.74) is 3.23. The first kappa shape index (κ1) is 17.0. The van der Waals surface area contributed by atoms with Crippen LogP contribution < -0.4 is 10.6 Å². The van der Waals surface area contributed by atoms with Crippen LogP contribution >= 0.6 is 22.6 Å². The predicted octanol–water partition coefficient (Wildman–Crippen LogP) is 3.76. The lowest BCUT2D eigenvalue weighted by Crippen LogP contribution is -2.15. The predicted molar refractivity (Wildman–Crippen MR) is 98.8 cm³/mol. The van der Waals surface area contributed by atoms with Crippen molar-refractivity contribution in [2.45, 2.75) is 13.8 Å². The molecule has 1 aromatic carbocycles. The fourth-order valence-electron chi connectivity index (χ4n) is 1.81. The summed E-state index contributed by atoms with van der Waals surface area (Å²) in [5.74, 6) is -0.454. The number of pyridine rings is 1. The number of nitrogens with one attached hydrogen (secondary N) is 2. The van der Waals surface area contributed by atoms with Gasteiger partial charge in [0.15, 0.2) is 0 Å². The van der Waals surface area contributed by atoms with Gasteiger partial charge in [-0.2, -0.15) is 5.26 Å². The maximum Gasteiger partial charge on any atom is 0.267 e. The number of rotatable bonds is 4. The minimum Gasteiger partial charge on any atom is -0.359 e. The number of nitrogens with zero attached hydrogens (tertiary/aromatic N) is 2. The molecule has 0 radical (unpaired) electrons. The molecule has 2 N–H and O–H groups in total. The van der Waals surface area contributed by atoms with Crippen molar-refractivity contribution < 1.29 is 4.79 Å². The minimum absolute atomic E-state index is 0.0106. The third-order valence-electron chi connectivity index (χ3n) is 3.10. The number of nitriles is 1. The average Bonchev–Trinajstić information content (AvgIpc) is 2.52. The van der Waals surface area contributed by atoms with Gasteiger partial charge < -0.3 is 10.6 Å². The lowest BCUT2D eigenvalue weighted by Gasteiger charge is -2.08. The molecule has 2 aromatic rings. The van der Waals surface area contributed by atoms with Crippen LogP contribution in [0.1, 0.15) is 11.3 Å². The first-order valence-electron chi connectivity index (χ1n) is 6.86. The van der Waals surface area contributed by atoms with E-state index in [2.05, 4.69) is 38.2 Å². The molecule has 116 valence electrons. The Morgan fingerprint density at radius 1 is 1.30 bits per heavy atom. The van der Waals surface area contributed by atoms with Crippen LogP contribution in [0.3, 0.4) is 0 Å². The van der Waals surface area contributed by atoms with Crippen LogP contribution in [0.2, 0.25) is 0 Å². The standard InChI is InChI=1S/C17H15IN4O/c1-11-7-14(18)4-6-16(11)22-17(23)13(8-19)9-21-15-5-3-12(2)20-10-15/h3-7,9-10,21H,1-2H3,(H,22,23)/b13-9-. The number of anilines is 2. The molecule has 0 fully saturated rings. The van der Waals surface area contributed by atoms with Crippen LogP contribution in [0.5, 0.6) is 0 Å². The second kappa shape index (κ2) is 7.74. The fourth-order valence-corrected chi connectivity index (χ4v) is 2.46. The second-order valence-electron chi connectivity index (χ2n) is 4.92. The van der Waals surface area contributed by atoms with Crippen molar-refractivity contribution in [3.63, 3.8) is 0 Å². The molecule has 0 aliphatic carbocycles. The van der Waals surface area contributed by atoms with E-state index in [1.165, 1.54) is 6.20 Å². The van der Waals surface area contributed by atoms with E-state index in [1.54, 1.807) is 6.20 Å². The highest BCUT2D eigenvalue weighted by Gasteiger charge is 2.10. The van der Waals surface area contributed by atoms with E-state index >= 15 is 0 Å². The van der Waals surface area contributed by atoms with Crippen LogP contribution in [0.4, 0.5) is 11.4 Å². The maximum absolute atomic E-state index is 12.2. The van der Waals surface area contributed by atoms with E-state index in [9.17, 15) is 10.1 Å². The molecule has 2 rings (SSSR count). The molecule has 1 amide bonds. The maximum atomic E-state index is 12.2. The van der Waals surface area contributed by atoms with Crippen molar-refractivity contribution in [1.29, 1.82) is 5.26 Å². The number of carbonyl (C=O) groups is 1. The van der Waals surface area contributed by atoms with Crippen molar-refractivity contribution in [3.05, 3.63) is 63.1 Å². The van der Waals surface area contributed by atoms with E-state index in [-0.39, 0.29) is 5.57 Å². The average molecular weight is 418 g/mol. The highest BCUT2D eigenvalue weighted by molar-refractivity contribution is 14.1. The van der Waals surface area contributed by atoms with Gasteiger partial charge in [-0.05, 0) is 72.3 Å². The molecular weight excluding hydrogens is 403 g/mol. The smallest absolute Gasteiger partial charge is 0.267 e. The number of aromatic nitrogens is 1. The number of hydrogen-bond donors (Lipinski definition) is 2. The number of hydrogen-bond acceptors (Lipinski definition) is 4. The first-order chi connectivity index (χ1) is 11.0. The lowest BCUT2D eigenvalue weighted by molar-refractivity contribution is -0.112. The topological polar surface area (TPSA) is 77.8 Å². The van der Waals surface area contributed by atoms with Crippen LogP contribution in [0.25, 0.3) is 0 Å². The van der Waals surface area contributed by atoms with Crippen LogP contribution in [0, 0.1) is 28.7 Å². The Morgan fingerprint density at radius 2 is 2.09 bits per heavy atom. The molecule has 0 bridgehead atoms. The zero-order chi connectivity index (χ0) is 16.8. The third kappa shape index (κ3) is 4.79. The molecule has 0 spiro atoms. The van der Waals surface area contributed by atoms with Crippen molar-refractivity contribution in [2.75, 3.05) is 10.6 Å². The summed E-state index contributed by atoms with van der Waals surface area (Å²) < 4.78 is 1.09. The summed E-state index contributed by atoms with van der Waals surface area (Å²) >= 11 is 2.21. The van der Waals surface area contributed by atoms with Gasteiger partial charge in [-0.15, -0.1) is 0 Å². The van der Waals surface area contributed by atoms with E-state index in [0.717, 1.165) is 14.8 Å². The molecule has 0 aliphatic rings. The second-order valence-corrected chi connectivity index (χ2v) is 6.16. The van der Waals surface area contributed by atoms with Gasteiger partial charge in [-0.25, -0.2) is 0 Å². The Morgan fingerprint density at radius 3 is 2.70 bits per heavy atom. The Kier molecular flexibility index (Phi) is 5.71. The fraction of sp³-hybridized carbons (Fsp3) is 0.118. The van der Waals surface area contributed by atoms with Gasteiger partial charge in [0, 0.05) is 21.2 Å². The Balaban J connectivity index is 2.10.